The van der Waals surface area contributed by atoms with Gasteiger partial charge < -0.3 is 34.8 Å². The molecule has 14 heteroatoms. The van der Waals surface area contributed by atoms with Gasteiger partial charge in [-0.3, -0.25) is 0 Å². The van der Waals surface area contributed by atoms with Crippen LogP contribution < -0.4 is 14.7 Å². The number of aliphatic hydroxyl groups is 1. The number of rotatable bonds is 6. The van der Waals surface area contributed by atoms with E-state index in [1.165, 1.54) is 0 Å². The van der Waals surface area contributed by atoms with Gasteiger partial charge in [-0.25, -0.2) is 14.8 Å². The van der Waals surface area contributed by atoms with Gasteiger partial charge in [0.1, 0.15) is 17.4 Å². The number of hydrogen-bond acceptors (Lipinski definition) is 10. The fourth-order valence-electron chi connectivity index (χ4n) is 4.34. The predicted molar refractivity (Wildman–Crippen MR) is 141 cm³/mol. The summed E-state index contributed by atoms with van der Waals surface area (Å²) in [4.78, 5) is 29.6. The maximum absolute atomic E-state index is 10.6. The third-order valence-corrected chi connectivity index (χ3v) is 6.34. The molecule has 2 aliphatic rings. The Hall–Kier alpha value is -4.17. The average Bonchev–Trinajstić information content (AvgIpc) is 3.37. The van der Waals surface area contributed by atoms with E-state index in [0.717, 1.165) is 60.2 Å². The summed E-state index contributed by atoms with van der Waals surface area (Å²) in [6.45, 7) is 4.13. The number of aliphatic hydroxyl groups excluding tert-OH is 1. The number of pyridine rings is 1. The number of ether oxygens (including phenoxy) is 1. The van der Waals surface area contributed by atoms with Crippen LogP contribution in [0.4, 0.5) is 36.4 Å². The Labute approximate surface area is 228 Å². The number of likely N-dealkylation sites (N-methyl/N-ethyl adjacent to an activating group) is 1. The number of benzene rings is 1. The molecule has 2 aromatic heterocycles. The molecule has 40 heavy (non-hydrogen) atoms. The van der Waals surface area contributed by atoms with E-state index >= 15 is 0 Å². The van der Waals surface area contributed by atoms with Crippen molar-refractivity contribution in [2.24, 2.45) is 0 Å². The molecule has 2 aliphatic heterocycles. The lowest BCUT2D eigenvalue weighted by Gasteiger charge is -2.28. The number of aromatic hydroxyl groups is 1. The van der Waals surface area contributed by atoms with Gasteiger partial charge in [0.25, 0.3) is 0 Å². The van der Waals surface area contributed by atoms with Crippen LogP contribution in [0.15, 0.2) is 42.6 Å². The Morgan fingerprint density at radius 1 is 1.12 bits per heavy atom. The first-order valence-corrected chi connectivity index (χ1v) is 12.5. The fraction of sp³-hybridized carbons (Fsp3) is 0.385. The first kappa shape index (κ1) is 28.8. The summed E-state index contributed by atoms with van der Waals surface area (Å²) in [5.74, 6) is -0.188. The van der Waals surface area contributed by atoms with Crippen LogP contribution >= 0.6 is 0 Å². The van der Waals surface area contributed by atoms with Gasteiger partial charge in [0.05, 0.1) is 25.5 Å². The summed E-state index contributed by atoms with van der Waals surface area (Å²) in [7, 11) is 1.92. The summed E-state index contributed by atoms with van der Waals surface area (Å²) in [5, 5.41) is 26.5. The molecule has 0 radical (unpaired) electrons. The van der Waals surface area contributed by atoms with E-state index in [4.69, 9.17) is 24.6 Å². The van der Waals surface area contributed by atoms with Gasteiger partial charge in [-0.05, 0) is 24.6 Å². The van der Waals surface area contributed by atoms with E-state index in [1.807, 2.05) is 36.2 Å². The molecule has 214 valence electrons. The minimum Gasteiger partial charge on any atom is -0.508 e. The Morgan fingerprint density at radius 3 is 2.50 bits per heavy atom. The molecule has 0 bridgehead atoms. The first-order valence-electron chi connectivity index (χ1n) is 12.5. The average molecular weight is 563 g/mol. The molecule has 1 saturated heterocycles. The van der Waals surface area contributed by atoms with Crippen molar-refractivity contribution in [3.63, 3.8) is 0 Å². The van der Waals surface area contributed by atoms with Gasteiger partial charge in [0, 0.05) is 62.3 Å². The first-order chi connectivity index (χ1) is 19.1. The van der Waals surface area contributed by atoms with Crippen molar-refractivity contribution < 1.29 is 38.0 Å². The number of aromatic nitrogens is 3. The lowest BCUT2D eigenvalue weighted by Crippen LogP contribution is -2.37. The number of phenolic OH excluding ortho intramolecular Hbond substituents is 1. The number of hydrogen-bond donors (Lipinski definition) is 3. The van der Waals surface area contributed by atoms with Crippen LogP contribution in [0, 0.1) is 0 Å². The molecular formula is C26H29F3N6O5. The van der Waals surface area contributed by atoms with Crippen LogP contribution in [-0.2, 0) is 16.0 Å². The van der Waals surface area contributed by atoms with E-state index in [0.29, 0.717) is 25.7 Å². The number of nitrogens with zero attached hydrogens (tertiary/aromatic N) is 6. The van der Waals surface area contributed by atoms with Crippen LogP contribution in [0.1, 0.15) is 5.56 Å². The fourth-order valence-corrected chi connectivity index (χ4v) is 4.34. The van der Waals surface area contributed by atoms with Gasteiger partial charge in [0.2, 0.25) is 5.95 Å². The van der Waals surface area contributed by atoms with Crippen molar-refractivity contribution in [2.75, 3.05) is 67.7 Å². The van der Waals surface area contributed by atoms with E-state index in [9.17, 15) is 23.4 Å². The zero-order chi connectivity index (χ0) is 28.9. The highest BCUT2D eigenvalue weighted by Crippen LogP contribution is 2.40. The largest absolute Gasteiger partial charge is 0.508 e. The molecule has 1 fully saturated rings. The van der Waals surface area contributed by atoms with Gasteiger partial charge in [-0.15, -0.1) is 0 Å². The molecule has 0 unspecified atom stereocenters. The van der Waals surface area contributed by atoms with Gasteiger partial charge in [-0.1, -0.05) is 12.1 Å². The Bertz CT molecular complexity index is 1340. The number of carboxylic acid groups (broad SMARTS) is 1. The SMILES string of the molecule is CN(CCO)c1cc(N2CCc3c(-c4cccc(O)c4)nc(N4CCOCC4)nc32)ccn1.O=C(O)C(F)(F)F. The van der Waals surface area contributed by atoms with E-state index in [-0.39, 0.29) is 12.4 Å². The van der Waals surface area contributed by atoms with Crippen LogP contribution in [0.2, 0.25) is 0 Å². The molecule has 11 nitrogen and oxygen atoms in total. The van der Waals surface area contributed by atoms with Gasteiger partial charge >= 0.3 is 12.1 Å². The molecule has 0 amide bonds. The number of carboxylic acids is 1. The molecular weight excluding hydrogens is 533 g/mol. The number of anilines is 4. The highest BCUT2D eigenvalue weighted by atomic mass is 19.4. The van der Waals surface area contributed by atoms with Crippen LogP contribution in [-0.4, -0.2) is 95.5 Å². The highest BCUT2D eigenvalue weighted by molar-refractivity contribution is 5.78. The molecule has 3 aromatic rings. The third-order valence-electron chi connectivity index (χ3n) is 6.34. The van der Waals surface area contributed by atoms with Crippen LogP contribution in [0.25, 0.3) is 11.3 Å². The Balaban J connectivity index is 0.000000470. The molecule has 4 heterocycles. The maximum atomic E-state index is 10.6. The molecule has 0 atom stereocenters. The van der Waals surface area contributed by atoms with Gasteiger partial charge in [0.15, 0.2) is 0 Å². The third kappa shape index (κ3) is 6.69. The number of morpholine rings is 1. The second kappa shape index (κ2) is 12.3. The van der Waals surface area contributed by atoms with Crippen molar-refractivity contribution >= 4 is 29.2 Å². The molecule has 0 saturated carbocycles. The number of aliphatic carboxylic acids is 1. The van der Waals surface area contributed by atoms with E-state index in [2.05, 4.69) is 14.8 Å². The van der Waals surface area contributed by atoms with Crippen molar-refractivity contribution in [3.8, 4) is 17.0 Å². The summed E-state index contributed by atoms with van der Waals surface area (Å²) >= 11 is 0. The predicted octanol–water partition coefficient (Wildman–Crippen LogP) is 2.84. The smallest absolute Gasteiger partial charge is 0.490 e. The lowest BCUT2D eigenvalue weighted by molar-refractivity contribution is -0.192. The molecule has 0 spiro atoms. The van der Waals surface area contributed by atoms with Crippen molar-refractivity contribution in [1.29, 1.82) is 0 Å². The standard InChI is InChI=1S/C24H28N6O3.C2HF3O2/c1-28(9-12-31)21-16-18(5-7-25-21)30-8-6-20-22(17-3-2-4-19(32)15-17)26-24(27-23(20)30)29-10-13-33-14-11-29;3-2(4,5)1(6)7/h2-5,7,15-16,31-32H,6,8-14H2,1H3;(H,6,7). The second-order valence-electron chi connectivity index (χ2n) is 9.05. The molecule has 0 aliphatic carbocycles. The maximum Gasteiger partial charge on any atom is 0.490 e. The highest BCUT2D eigenvalue weighted by Gasteiger charge is 2.38. The molecule has 3 N–H and O–H groups in total. The van der Waals surface area contributed by atoms with Crippen LogP contribution in [0.3, 0.4) is 0 Å². The topological polar surface area (TPSA) is 135 Å². The van der Waals surface area contributed by atoms with Gasteiger partial charge in [-0.2, -0.15) is 18.2 Å². The Kier molecular flexibility index (Phi) is 8.90. The zero-order valence-electron chi connectivity index (χ0n) is 21.7. The number of fused-ring (bicyclic) bond motifs is 1. The number of alkyl halides is 3. The molecule has 5 rings (SSSR count). The summed E-state index contributed by atoms with van der Waals surface area (Å²) in [5.41, 5.74) is 3.80. The minimum absolute atomic E-state index is 0.0678. The van der Waals surface area contributed by atoms with E-state index < -0.39 is 12.1 Å². The number of halogens is 3. The van der Waals surface area contributed by atoms with Crippen molar-refractivity contribution in [2.45, 2.75) is 12.6 Å². The van der Waals surface area contributed by atoms with Crippen LogP contribution in [0.5, 0.6) is 5.75 Å². The van der Waals surface area contributed by atoms with Crippen molar-refractivity contribution in [1.82, 2.24) is 15.0 Å². The monoisotopic (exact) mass is 562 g/mol. The quantitative estimate of drug-likeness (QED) is 0.409. The second-order valence-corrected chi connectivity index (χ2v) is 9.05. The number of carbonyl (C=O) groups is 1. The zero-order valence-corrected chi connectivity index (χ0v) is 21.7. The lowest BCUT2D eigenvalue weighted by atomic mass is 10.1. The van der Waals surface area contributed by atoms with E-state index in [1.54, 1.807) is 18.3 Å². The number of phenols is 1. The minimum atomic E-state index is -5.08. The normalized spacial score (nSPS) is 14.8. The van der Waals surface area contributed by atoms with Crippen molar-refractivity contribution in [3.05, 3.63) is 48.2 Å². The summed E-state index contributed by atoms with van der Waals surface area (Å²) in [6, 6.07) is 11.2. The summed E-state index contributed by atoms with van der Waals surface area (Å²) < 4.78 is 37.3. The molecule has 1 aromatic carbocycles. The Morgan fingerprint density at radius 2 is 1.85 bits per heavy atom. The summed E-state index contributed by atoms with van der Waals surface area (Å²) in [6.07, 6.45) is -2.50.